The summed E-state index contributed by atoms with van der Waals surface area (Å²) in [7, 11) is 1.63. The molecular formula is C11H18BrN3O. The topological polar surface area (TPSA) is 38.2 Å². The van der Waals surface area contributed by atoms with Gasteiger partial charge in [0.25, 0.3) is 0 Å². The Balaban J connectivity index is 2.98. The lowest BCUT2D eigenvalue weighted by Crippen LogP contribution is -2.28. The van der Waals surface area contributed by atoms with Crippen molar-refractivity contribution in [3.63, 3.8) is 0 Å². The van der Waals surface area contributed by atoms with Gasteiger partial charge in [0.1, 0.15) is 12.1 Å². The van der Waals surface area contributed by atoms with Crippen molar-refractivity contribution in [2.75, 3.05) is 30.4 Å². The molecule has 5 heteroatoms. The van der Waals surface area contributed by atoms with Crippen molar-refractivity contribution in [1.29, 1.82) is 0 Å². The Morgan fingerprint density at radius 3 is 2.69 bits per heavy atom. The zero-order chi connectivity index (χ0) is 12.0. The molecule has 0 amide bonds. The van der Waals surface area contributed by atoms with E-state index in [1.165, 1.54) is 0 Å². The third-order valence-corrected chi connectivity index (χ3v) is 2.71. The van der Waals surface area contributed by atoms with Crippen molar-refractivity contribution in [1.82, 2.24) is 9.97 Å². The molecule has 0 aromatic carbocycles. The lowest BCUT2D eigenvalue weighted by atomic mass is 10.3. The molecule has 0 aliphatic carbocycles. The van der Waals surface area contributed by atoms with Crippen LogP contribution in [0.3, 0.4) is 0 Å². The molecular weight excluding hydrogens is 270 g/mol. The van der Waals surface area contributed by atoms with E-state index in [-0.39, 0.29) is 0 Å². The molecule has 0 saturated carbocycles. The fourth-order valence-corrected chi connectivity index (χ4v) is 2.07. The highest BCUT2D eigenvalue weighted by atomic mass is 79.9. The second-order valence-corrected chi connectivity index (χ2v) is 4.30. The molecule has 4 nitrogen and oxygen atoms in total. The molecule has 1 aromatic rings. The zero-order valence-electron chi connectivity index (χ0n) is 10.0. The van der Waals surface area contributed by atoms with E-state index in [0.717, 1.165) is 36.2 Å². The van der Waals surface area contributed by atoms with Gasteiger partial charge in [0.15, 0.2) is 0 Å². The first-order chi connectivity index (χ1) is 7.74. The van der Waals surface area contributed by atoms with E-state index in [9.17, 15) is 0 Å². The molecule has 1 aromatic heterocycles. The van der Waals surface area contributed by atoms with Crippen LogP contribution in [0.1, 0.15) is 18.9 Å². The Bertz CT molecular complexity index is 327. The van der Waals surface area contributed by atoms with Crippen molar-refractivity contribution in [2.24, 2.45) is 0 Å². The largest absolute Gasteiger partial charge is 0.481 e. The summed E-state index contributed by atoms with van der Waals surface area (Å²) < 4.78 is 5.20. The highest BCUT2D eigenvalue weighted by Crippen LogP contribution is 2.23. The summed E-state index contributed by atoms with van der Waals surface area (Å²) in [5.74, 6) is 1.62. The number of hydrogen-bond acceptors (Lipinski definition) is 4. The first-order valence-electron chi connectivity index (χ1n) is 5.41. The van der Waals surface area contributed by atoms with Crippen LogP contribution in [-0.2, 0) is 0 Å². The second kappa shape index (κ2) is 6.68. The second-order valence-electron chi connectivity index (χ2n) is 3.51. The maximum absolute atomic E-state index is 5.20. The number of aromatic nitrogens is 2. The molecule has 0 unspecified atom stereocenters. The normalized spacial score (nSPS) is 10.2. The predicted molar refractivity (Wildman–Crippen MR) is 69.6 cm³/mol. The summed E-state index contributed by atoms with van der Waals surface area (Å²) in [6, 6.07) is 0. The summed E-state index contributed by atoms with van der Waals surface area (Å²) in [6.45, 7) is 6.08. The standard InChI is InChI=1S/C11H18BrN3O/c1-4-6-15(7-5-12)10-9(2)11(16-3)14-8-13-10/h8H,4-7H2,1-3H3. The number of nitrogens with zero attached hydrogens (tertiary/aromatic N) is 3. The smallest absolute Gasteiger partial charge is 0.221 e. The third kappa shape index (κ3) is 3.07. The quantitative estimate of drug-likeness (QED) is 0.753. The van der Waals surface area contributed by atoms with Gasteiger partial charge < -0.3 is 9.64 Å². The number of rotatable bonds is 6. The molecule has 90 valence electrons. The lowest BCUT2D eigenvalue weighted by Gasteiger charge is -2.24. The average Bonchev–Trinajstić information content (AvgIpc) is 2.29. The highest BCUT2D eigenvalue weighted by molar-refractivity contribution is 9.09. The summed E-state index contributed by atoms with van der Waals surface area (Å²) in [6.07, 6.45) is 2.65. The van der Waals surface area contributed by atoms with Gasteiger partial charge in [-0.15, -0.1) is 0 Å². The highest BCUT2D eigenvalue weighted by Gasteiger charge is 2.13. The molecule has 0 saturated heterocycles. The van der Waals surface area contributed by atoms with Gasteiger partial charge in [0, 0.05) is 18.4 Å². The molecule has 0 aliphatic heterocycles. The molecule has 0 N–H and O–H groups in total. The van der Waals surface area contributed by atoms with Crippen molar-refractivity contribution in [3.05, 3.63) is 11.9 Å². The van der Waals surface area contributed by atoms with Crippen molar-refractivity contribution in [3.8, 4) is 5.88 Å². The van der Waals surface area contributed by atoms with Gasteiger partial charge in [-0.3, -0.25) is 0 Å². The summed E-state index contributed by atoms with van der Waals surface area (Å²) in [5, 5.41) is 0.929. The van der Waals surface area contributed by atoms with E-state index in [0.29, 0.717) is 5.88 Å². The number of methoxy groups -OCH3 is 1. The molecule has 0 aliphatic rings. The Kier molecular flexibility index (Phi) is 5.52. The molecule has 0 fully saturated rings. The van der Waals surface area contributed by atoms with E-state index >= 15 is 0 Å². The van der Waals surface area contributed by atoms with Crippen molar-refractivity contribution >= 4 is 21.7 Å². The molecule has 0 radical (unpaired) electrons. The lowest BCUT2D eigenvalue weighted by molar-refractivity contribution is 0.393. The number of ether oxygens (including phenoxy) is 1. The van der Waals surface area contributed by atoms with Gasteiger partial charge in [-0.2, -0.15) is 0 Å². The van der Waals surface area contributed by atoms with E-state index in [1.807, 2.05) is 6.92 Å². The summed E-state index contributed by atoms with van der Waals surface area (Å²) in [5.41, 5.74) is 0.999. The first kappa shape index (κ1) is 13.2. The number of halogens is 1. The fourth-order valence-electron chi connectivity index (χ4n) is 1.65. The molecule has 1 heterocycles. The van der Waals surface area contributed by atoms with Crippen LogP contribution >= 0.6 is 15.9 Å². The minimum absolute atomic E-state index is 0.653. The maximum atomic E-state index is 5.20. The number of anilines is 1. The van der Waals surface area contributed by atoms with Gasteiger partial charge in [0.2, 0.25) is 5.88 Å². The zero-order valence-corrected chi connectivity index (χ0v) is 11.6. The molecule has 0 spiro atoms. The number of alkyl halides is 1. The SMILES string of the molecule is CCCN(CCBr)c1ncnc(OC)c1C. The molecule has 0 bridgehead atoms. The van der Waals surface area contributed by atoms with Crippen LogP contribution in [0.15, 0.2) is 6.33 Å². The van der Waals surface area contributed by atoms with Crippen LogP contribution in [-0.4, -0.2) is 35.5 Å². The monoisotopic (exact) mass is 287 g/mol. The minimum atomic E-state index is 0.653. The van der Waals surface area contributed by atoms with Crippen LogP contribution in [0.5, 0.6) is 5.88 Å². The van der Waals surface area contributed by atoms with Crippen LogP contribution in [0.2, 0.25) is 0 Å². The maximum Gasteiger partial charge on any atom is 0.221 e. The number of hydrogen-bond donors (Lipinski definition) is 0. The van der Waals surface area contributed by atoms with Crippen molar-refractivity contribution < 1.29 is 4.74 Å². The van der Waals surface area contributed by atoms with E-state index in [2.05, 4.69) is 37.7 Å². The van der Waals surface area contributed by atoms with Crippen LogP contribution in [0.25, 0.3) is 0 Å². The predicted octanol–water partition coefficient (Wildman–Crippen LogP) is 2.40. The molecule has 16 heavy (non-hydrogen) atoms. The Morgan fingerprint density at radius 1 is 1.38 bits per heavy atom. The van der Waals surface area contributed by atoms with Crippen LogP contribution in [0.4, 0.5) is 5.82 Å². The van der Waals surface area contributed by atoms with Gasteiger partial charge in [0.05, 0.1) is 12.7 Å². The minimum Gasteiger partial charge on any atom is -0.481 e. The Morgan fingerprint density at radius 2 is 2.12 bits per heavy atom. The van der Waals surface area contributed by atoms with E-state index in [1.54, 1.807) is 13.4 Å². The average molecular weight is 288 g/mol. The van der Waals surface area contributed by atoms with Gasteiger partial charge >= 0.3 is 0 Å². The van der Waals surface area contributed by atoms with Gasteiger partial charge in [-0.1, -0.05) is 22.9 Å². The fraction of sp³-hybridized carbons (Fsp3) is 0.636. The van der Waals surface area contributed by atoms with E-state index < -0.39 is 0 Å². The van der Waals surface area contributed by atoms with Gasteiger partial charge in [-0.25, -0.2) is 9.97 Å². The van der Waals surface area contributed by atoms with Gasteiger partial charge in [-0.05, 0) is 13.3 Å². The Labute approximate surface area is 105 Å². The Hall–Kier alpha value is -0.840. The summed E-state index contributed by atoms with van der Waals surface area (Å²) >= 11 is 3.46. The molecule has 1 rings (SSSR count). The van der Waals surface area contributed by atoms with E-state index in [4.69, 9.17) is 4.74 Å². The third-order valence-electron chi connectivity index (χ3n) is 2.35. The van der Waals surface area contributed by atoms with Crippen LogP contribution in [0, 0.1) is 6.92 Å². The van der Waals surface area contributed by atoms with Crippen LogP contribution < -0.4 is 9.64 Å². The molecule has 0 atom stereocenters. The first-order valence-corrected chi connectivity index (χ1v) is 6.53. The van der Waals surface area contributed by atoms with Crippen molar-refractivity contribution in [2.45, 2.75) is 20.3 Å². The summed E-state index contributed by atoms with van der Waals surface area (Å²) in [4.78, 5) is 10.7.